The summed E-state index contributed by atoms with van der Waals surface area (Å²) in [5.74, 6) is 2.20. The minimum absolute atomic E-state index is 0.0252. The Labute approximate surface area is 123 Å². The monoisotopic (exact) mass is 327 g/mol. The van der Waals surface area contributed by atoms with E-state index in [1.165, 1.54) is 32.1 Å². The zero-order chi connectivity index (χ0) is 13.8. The molecule has 4 heteroatoms. The molecule has 0 spiro atoms. The fraction of sp³-hybridized carbons (Fsp3) is 0.600. The molecule has 1 saturated carbocycles. The van der Waals surface area contributed by atoms with E-state index in [1.54, 1.807) is 14.2 Å². The number of methoxy groups -OCH3 is 2. The first-order valence-electron chi connectivity index (χ1n) is 6.84. The Morgan fingerprint density at radius 2 is 1.74 bits per heavy atom. The maximum Gasteiger partial charge on any atom is 0.133 e. The van der Waals surface area contributed by atoms with Gasteiger partial charge in [0, 0.05) is 11.6 Å². The summed E-state index contributed by atoms with van der Waals surface area (Å²) in [6.45, 7) is 0. The van der Waals surface area contributed by atoms with Gasteiger partial charge in [-0.15, -0.1) is 0 Å². The van der Waals surface area contributed by atoms with Crippen LogP contribution in [0.15, 0.2) is 16.6 Å². The summed E-state index contributed by atoms with van der Waals surface area (Å²) in [6.07, 6.45) is 6.33. The summed E-state index contributed by atoms with van der Waals surface area (Å²) in [5, 5.41) is 0. The number of benzene rings is 1. The molecule has 0 heterocycles. The van der Waals surface area contributed by atoms with Crippen molar-refractivity contribution in [3.8, 4) is 11.5 Å². The van der Waals surface area contributed by atoms with Crippen LogP contribution in [0, 0.1) is 5.92 Å². The molecule has 0 bridgehead atoms. The number of hydrogen-bond donors (Lipinski definition) is 1. The summed E-state index contributed by atoms with van der Waals surface area (Å²) >= 11 is 3.48. The third-order valence-electron chi connectivity index (χ3n) is 4.02. The topological polar surface area (TPSA) is 44.5 Å². The maximum atomic E-state index is 6.47. The molecule has 1 aromatic rings. The van der Waals surface area contributed by atoms with E-state index in [1.807, 2.05) is 12.1 Å². The van der Waals surface area contributed by atoms with Crippen LogP contribution in [0.4, 0.5) is 0 Å². The van der Waals surface area contributed by atoms with Gasteiger partial charge in [-0.05, 0) is 46.8 Å². The van der Waals surface area contributed by atoms with Crippen LogP contribution in [0.5, 0.6) is 11.5 Å². The Hall–Kier alpha value is -0.740. The second-order valence-electron chi connectivity index (χ2n) is 5.15. The van der Waals surface area contributed by atoms with E-state index >= 15 is 0 Å². The van der Waals surface area contributed by atoms with Crippen molar-refractivity contribution in [2.75, 3.05) is 14.2 Å². The van der Waals surface area contributed by atoms with E-state index in [-0.39, 0.29) is 6.04 Å². The lowest BCUT2D eigenvalue weighted by Crippen LogP contribution is -2.24. The number of nitrogens with two attached hydrogens (primary N) is 1. The van der Waals surface area contributed by atoms with E-state index < -0.39 is 0 Å². The molecule has 0 saturated heterocycles. The fourth-order valence-electron chi connectivity index (χ4n) is 2.89. The summed E-state index contributed by atoms with van der Waals surface area (Å²) in [5.41, 5.74) is 7.52. The highest BCUT2D eigenvalue weighted by molar-refractivity contribution is 9.10. The molecule has 0 aliphatic heterocycles. The van der Waals surface area contributed by atoms with Crippen LogP contribution in [0.25, 0.3) is 0 Å². The molecule has 0 radical (unpaired) electrons. The largest absolute Gasteiger partial charge is 0.496 e. The number of halogens is 1. The lowest BCUT2D eigenvalue weighted by atomic mass is 9.81. The van der Waals surface area contributed by atoms with Crippen molar-refractivity contribution in [2.45, 2.75) is 38.1 Å². The Morgan fingerprint density at radius 1 is 1.11 bits per heavy atom. The molecule has 1 aliphatic carbocycles. The Morgan fingerprint density at radius 3 is 2.32 bits per heavy atom. The molecule has 1 aromatic carbocycles. The molecule has 19 heavy (non-hydrogen) atoms. The zero-order valence-corrected chi connectivity index (χ0v) is 13.2. The highest BCUT2D eigenvalue weighted by Gasteiger charge is 2.25. The van der Waals surface area contributed by atoms with Crippen molar-refractivity contribution in [3.05, 3.63) is 22.2 Å². The van der Waals surface area contributed by atoms with Crippen LogP contribution >= 0.6 is 15.9 Å². The summed E-state index contributed by atoms with van der Waals surface area (Å²) < 4.78 is 11.7. The van der Waals surface area contributed by atoms with Crippen molar-refractivity contribution >= 4 is 15.9 Å². The van der Waals surface area contributed by atoms with E-state index in [4.69, 9.17) is 15.2 Å². The van der Waals surface area contributed by atoms with Crippen LogP contribution in [0.3, 0.4) is 0 Å². The Balaban J connectivity index is 2.30. The van der Waals surface area contributed by atoms with Crippen LogP contribution < -0.4 is 15.2 Å². The molecule has 0 unspecified atom stereocenters. The quantitative estimate of drug-likeness (QED) is 0.907. The minimum Gasteiger partial charge on any atom is -0.496 e. The molecule has 0 amide bonds. The highest BCUT2D eigenvalue weighted by atomic mass is 79.9. The lowest BCUT2D eigenvalue weighted by molar-refractivity contribution is 0.300. The second kappa shape index (κ2) is 6.62. The van der Waals surface area contributed by atoms with Gasteiger partial charge in [-0.3, -0.25) is 0 Å². The number of rotatable bonds is 4. The van der Waals surface area contributed by atoms with E-state index in [0.717, 1.165) is 21.5 Å². The Kier molecular flexibility index (Phi) is 5.11. The molecule has 1 atom stereocenters. The zero-order valence-electron chi connectivity index (χ0n) is 11.6. The number of ether oxygens (including phenoxy) is 2. The van der Waals surface area contributed by atoms with E-state index in [0.29, 0.717) is 5.92 Å². The first-order valence-corrected chi connectivity index (χ1v) is 7.63. The van der Waals surface area contributed by atoms with Gasteiger partial charge in [-0.1, -0.05) is 19.3 Å². The summed E-state index contributed by atoms with van der Waals surface area (Å²) in [7, 11) is 3.35. The van der Waals surface area contributed by atoms with Crippen LogP contribution in [0.2, 0.25) is 0 Å². The van der Waals surface area contributed by atoms with Gasteiger partial charge in [-0.2, -0.15) is 0 Å². The first-order chi connectivity index (χ1) is 9.17. The van der Waals surface area contributed by atoms with Gasteiger partial charge < -0.3 is 15.2 Å². The molecule has 106 valence electrons. The molecule has 1 fully saturated rings. The van der Waals surface area contributed by atoms with Crippen molar-refractivity contribution in [3.63, 3.8) is 0 Å². The second-order valence-corrected chi connectivity index (χ2v) is 6.01. The molecule has 1 aliphatic rings. The van der Waals surface area contributed by atoms with Gasteiger partial charge >= 0.3 is 0 Å². The average Bonchev–Trinajstić information content (AvgIpc) is 2.47. The molecular formula is C15H22BrNO2. The molecule has 0 aromatic heterocycles. The normalized spacial score (nSPS) is 18.1. The van der Waals surface area contributed by atoms with E-state index in [2.05, 4.69) is 15.9 Å². The summed E-state index contributed by atoms with van der Waals surface area (Å²) in [4.78, 5) is 0. The van der Waals surface area contributed by atoms with Crippen LogP contribution in [-0.4, -0.2) is 14.2 Å². The van der Waals surface area contributed by atoms with Gasteiger partial charge in [0.05, 0.1) is 18.7 Å². The van der Waals surface area contributed by atoms with Gasteiger partial charge in [0.25, 0.3) is 0 Å². The Bertz CT molecular complexity index is 430. The van der Waals surface area contributed by atoms with Crippen LogP contribution in [-0.2, 0) is 0 Å². The predicted octanol–water partition coefficient (Wildman–Crippen LogP) is 4.05. The third-order valence-corrected chi connectivity index (χ3v) is 4.64. The maximum absolute atomic E-state index is 6.47. The average molecular weight is 328 g/mol. The summed E-state index contributed by atoms with van der Waals surface area (Å²) in [6, 6.07) is 3.97. The van der Waals surface area contributed by atoms with Gasteiger partial charge in [0.15, 0.2) is 0 Å². The van der Waals surface area contributed by atoms with Crippen molar-refractivity contribution in [1.29, 1.82) is 0 Å². The van der Waals surface area contributed by atoms with Gasteiger partial charge in [0.2, 0.25) is 0 Å². The molecular weight excluding hydrogens is 306 g/mol. The minimum atomic E-state index is 0.0252. The fourth-order valence-corrected chi connectivity index (χ4v) is 3.38. The molecule has 3 nitrogen and oxygen atoms in total. The standard InChI is InChI=1S/C15H22BrNO2/c1-18-13-9-12(16)14(19-2)8-11(13)15(17)10-6-4-3-5-7-10/h8-10,15H,3-7,17H2,1-2H3/t15-/m1/s1. The highest BCUT2D eigenvalue weighted by Crippen LogP contribution is 2.40. The lowest BCUT2D eigenvalue weighted by Gasteiger charge is -2.29. The van der Waals surface area contributed by atoms with Gasteiger partial charge in [0.1, 0.15) is 11.5 Å². The van der Waals surface area contributed by atoms with Crippen LogP contribution in [0.1, 0.15) is 43.7 Å². The smallest absolute Gasteiger partial charge is 0.133 e. The molecule has 2 rings (SSSR count). The van der Waals surface area contributed by atoms with Gasteiger partial charge in [-0.25, -0.2) is 0 Å². The van der Waals surface area contributed by atoms with Crippen molar-refractivity contribution in [2.24, 2.45) is 11.7 Å². The third kappa shape index (κ3) is 3.23. The van der Waals surface area contributed by atoms with Crippen molar-refractivity contribution < 1.29 is 9.47 Å². The number of hydrogen-bond acceptors (Lipinski definition) is 3. The molecule has 2 N–H and O–H groups in total. The first kappa shape index (κ1) is 14.7. The SMILES string of the molecule is COc1cc([C@H](N)C2CCCCC2)c(OC)cc1Br. The van der Waals surface area contributed by atoms with Crippen molar-refractivity contribution in [1.82, 2.24) is 0 Å². The predicted molar refractivity (Wildman–Crippen MR) is 80.7 cm³/mol. The van der Waals surface area contributed by atoms with E-state index in [9.17, 15) is 0 Å².